The number of hydrogen-bond donors (Lipinski definition) is 0. The predicted molar refractivity (Wildman–Crippen MR) is 134 cm³/mol. The molecule has 0 saturated heterocycles. The fourth-order valence-electron chi connectivity index (χ4n) is 4.46. The Bertz CT molecular complexity index is 467. The number of nitrogens with zero attached hydrogens (tertiary/aromatic N) is 1. The van der Waals surface area contributed by atoms with E-state index in [1.54, 1.807) is 0 Å². The molecule has 0 saturated carbocycles. The van der Waals surface area contributed by atoms with Gasteiger partial charge in [-0.3, -0.25) is 0 Å². The highest BCUT2D eigenvalue weighted by Crippen LogP contribution is 2.14. The van der Waals surface area contributed by atoms with Gasteiger partial charge in [0, 0.05) is 18.1 Å². The second kappa shape index (κ2) is 21.4. The first-order chi connectivity index (χ1) is 14.9. The van der Waals surface area contributed by atoms with Crippen LogP contribution in [0.3, 0.4) is 0 Å². The largest absolute Gasteiger partial charge is 0.205 e. The average molecular weight is 417 g/mol. The molecule has 1 aromatic rings. The lowest BCUT2D eigenvalue weighted by atomic mass is 10.0. The minimum atomic E-state index is 1.18. The fraction of sp³-hybridized carbons (Fsp3) is 0.828. The van der Waals surface area contributed by atoms with E-state index < -0.39 is 0 Å². The highest BCUT2D eigenvalue weighted by Gasteiger charge is 2.02. The van der Waals surface area contributed by atoms with Gasteiger partial charge >= 0.3 is 0 Å². The van der Waals surface area contributed by atoms with Gasteiger partial charge in [0.25, 0.3) is 0 Å². The molecule has 1 heteroatoms. The third kappa shape index (κ3) is 16.9. The maximum Gasteiger partial charge on any atom is 0.171 e. The van der Waals surface area contributed by atoms with Gasteiger partial charge < -0.3 is 0 Å². The quantitative estimate of drug-likeness (QED) is 0.131. The molecule has 30 heavy (non-hydrogen) atoms. The summed E-state index contributed by atoms with van der Waals surface area (Å²) in [4.78, 5) is 0. The Kier molecular flexibility index (Phi) is 19.4. The molecule has 0 aliphatic carbocycles. The molecule has 0 atom stereocenters. The van der Waals surface area contributed by atoms with Crippen LogP contribution in [0, 0.1) is 0 Å². The van der Waals surface area contributed by atoms with Crippen molar-refractivity contribution in [1.29, 1.82) is 0 Å². The van der Waals surface area contributed by atoms with E-state index in [2.05, 4.69) is 42.9 Å². The molecule has 0 fully saturated rings. The maximum absolute atomic E-state index is 2.39. The first-order valence-corrected chi connectivity index (χ1v) is 13.8. The summed E-state index contributed by atoms with van der Waals surface area (Å²) in [7, 11) is 0. The SMILES string of the molecule is CCCCCCCCCCCCCCCCCCCc1ccc[n+](CCCCC)c1. The highest BCUT2D eigenvalue weighted by molar-refractivity contribution is 5.05. The monoisotopic (exact) mass is 416 g/mol. The van der Waals surface area contributed by atoms with Crippen LogP contribution in [0.2, 0.25) is 0 Å². The van der Waals surface area contributed by atoms with E-state index in [0.717, 1.165) is 0 Å². The number of pyridine rings is 1. The second-order valence-electron chi connectivity index (χ2n) is 9.56. The zero-order chi connectivity index (χ0) is 21.5. The van der Waals surface area contributed by atoms with Gasteiger partial charge in [-0.15, -0.1) is 0 Å². The first kappa shape index (κ1) is 27.2. The van der Waals surface area contributed by atoms with Crippen LogP contribution in [0.5, 0.6) is 0 Å². The number of aromatic nitrogens is 1. The maximum atomic E-state index is 2.39. The predicted octanol–water partition coefficient (Wildman–Crippen LogP) is 9.36. The molecule has 0 N–H and O–H groups in total. The molecular formula is C29H54N+. The fourth-order valence-corrected chi connectivity index (χ4v) is 4.46. The Morgan fingerprint density at radius 3 is 1.47 bits per heavy atom. The van der Waals surface area contributed by atoms with E-state index in [4.69, 9.17) is 0 Å². The Morgan fingerprint density at radius 1 is 0.533 bits per heavy atom. The summed E-state index contributed by atoms with van der Waals surface area (Å²) in [6, 6.07) is 4.54. The van der Waals surface area contributed by atoms with Crippen LogP contribution in [0.4, 0.5) is 0 Å². The van der Waals surface area contributed by atoms with Gasteiger partial charge in [0.2, 0.25) is 0 Å². The average Bonchev–Trinajstić information content (AvgIpc) is 2.76. The Hall–Kier alpha value is -0.850. The third-order valence-corrected chi connectivity index (χ3v) is 6.51. The molecule has 0 amide bonds. The molecule has 1 nitrogen and oxygen atoms in total. The van der Waals surface area contributed by atoms with Crippen LogP contribution in [0.15, 0.2) is 24.5 Å². The van der Waals surface area contributed by atoms with Crippen LogP contribution >= 0.6 is 0 Å². The van der Waals surface area contributed by atoms with E-state index in [-0.39, 0.29) is 0 Å². The van der Waals surface area contributed by atoms with Crippen LogP contribution in [-0.2, 0) is 13.0 Å². The lowest BCUT2D eigenvalue weighted by Crippen LogP contribution is -2.33. The highest BCUT2D eigenvalue weighted by atomic mass is 14.9. The summed E-state index contributed by atoms with van der Waals surface area (Å²) in [6.45, 7) is 5.76. The molecule has 0 radical (unpaired) electrons. The molecule has 0 aromatic carbocycles. The molecule has 1 aromatic heterocycles. The van der Waals surface area contributed by atoms with Gasteiger partial charge in [0.15, 0.2) is 12.4 Å². The Balaban J connectivity index is 1.83. The topological polar surface area (TPSA) is 3.88 Å². The van der Waals surface area contributed by atoms with Crippen LogP contribution in [0.25, 0.3) is 0 Å². The van der Waals surface area contributed by atoms with Crippen molar-refractivity contribution in [3.63, 3.8) is 0 Å². The van der Waals surface area contributed by atoms with Crippen molar-refractivity contribution < 1.29 is 4.57 Å². The molecule has 0 aliphatic heterocycles. The van der Waals surface area contributed by atoms with Crippen molar-refractivity contribution in [3.8, 4) is 0 Å². The zero-order valence-corrected chi connectivity index (χ0v) is 20.8. The van der Waals surface area contributed by atoms with Crippen LogP contribution in [-0.4, -0.2) is 0 Å². The van der Waals surface area contributed by atoms with Crippen molar-refractivity contribution in [2.24, 2.45) is 0 Å². The number of hydrogen-bond acceptors (Lipinski definition) is 0. The van der Waals surface area contributed by atoms with Crippen LogP contribution < -0.4 is 4.57 Å². The lowest BCUT2D eigenvalue weighted by Gasteiger charge is -2.04. The van der Waals surface area contributed by atoms with E-state index >= 15 is 0 Å². The summed E-state index contributed by atoms with van der Waals surface area (Å²) >= 11 is 0. The molecule has 0 spiro atoms. The summed E-state index contributed by atoms with van der Waals surface area (Å²) in [5.41, 5.74) is 1.52. The van der Waals surface area contributed by atoms with Crippen molar-refractivity contribution in [1.82, 2.24) is 0 Å². The molecule has 0 bridgehead atoms. The van der Waals surface area contributed by atoms with Crippen molar-refractivity contribution in [3.05, 3.63) is 30.1 Å². The number of unbranched alkanes of at least 4 members (excludes halogenated alkanes) is 18. The molecule has 1 heterocycles. The van der Waals surface area contributed by atoms with E-state index in [0.29, 0.717) is 0 Å². The van der Waals surface area contributed by atoms with Gasteiger partial charge in [0.1, 0.15) is 6.54 Å². The zero-order valence-electron chi connectivity index (χ0n) is 20.8. The van der Waals surface area contributed by atoms with Gasteiger partial charge in [-0.2, -0.15) is 0 Å². The standard InChI is InChI=1S/C29H54N/c1-3-5-7-8-9-10-11-12-13-14-15-16-17-18-19-20-21-24-29-25-23-27-30(28-29)26-22-6-4-2/h23,25,27-28H,3-22,24,26H2,1-2H3/q+1. The third-order valence-electron chi connectivity index (χ3n) is 6.51. The van der Waals surface area contributed by atoms with E-state index in [1.807, 2.05) is 0 Å². The molecule has 0 unspecified atom stereocenters. The first-order valence-electron chi connectivity index (χ1n) is 13.8. The number of aryl methyl sites for hydroxylation is 2. The Labute approximate surface area is 190 Å². The van der Waals surface area contributed by atoms with E-state index in [1.165, 1.54) is 147 Å². The van der Waals surface area contributed by atoms with Crippen molar-refractivity contribution in [2.45, 2.75) is 155 Å². The minimum Gasteiger partial charge on any atom is -0.205 e. The number of rotatable bonds is 22. The van der Waals surface area contributed by atoms with E-state index in [9.17, 15) is 0 Å². The van der Waals surface area contributed by atoms with Gasteiger partial charge in [-0.25, -0.2) is 4.57 Å². The summed E-state index contributed by atoms with van der Waals surface area (Å²) in [6.07, 6.45) is 34.5. The Morgan fingerprint density at radius 2 is 0.967 bits per heavy atom. The van der Waals surface area contributed by atoms with Gasteiger partial charge in [-0.1, -0.05) is 123 Å². The molecular weight excluding hydrogens is 362 g/mol. The molecule has 0 aliphatic rings. The van der Waals surface area contributed by atoms with Gasteiger partial charge in [-0.05, 0) is 25.3 Å². The summed E-state index contributed by atoms with van der Waals surface area (Å²) in [5.74, 6) is 0. The van der Waals surface area contributed by atoms with Gasteiger partial charge in [0.05, 0.1) is 0 Å². The summed E-state index contributed by atoms with van der Waals surface area (Å²) in [5, 5.41) is 0. The molecule has 174 valence electrons. The normalized spacial score (nSPS) is 11.3. The smallest absolute Gasteiger partial charge is 0.171 e. The molecule has 1 rings (SSSR count). The minimum absolute atomic E-state index is 1.18. The summed E-state index contributed by atoms with van der Waals surface area (Å²) < 4.78 is 2.39. The van der Waals surface area contributed by atoms with Crippen molar-refractivity contribution in [2.75, 3.05) is 0 Å². The second-order valence-corrected chi connectivity index (χ2v) is 9.56. The lowest BCUT2D eigenvalue weighted by molar-refractivity contribution is -0.697. The van der Waals surface area contributed by atoms with Crippen LogP contribution in [0.1, 0.15) is 148 Å². The van der Waals surface area contributed by atoms with Crippen molar-refractivity contribution >= 4 is 0 Å².